The van der Waals surface area contributed by atoms with Gasteiger partial charge in [-0.1, -0.05) is 0 Å². The average molecular weight is 432 g/mol. The molecule has 1 amide bonds. The summed E-state index contributed by atoms with van der Waals surface area (Å²) in [5.41, 5.74) is 3.68. The fraction of sp³-hybridized carbons (Fsp3) is 0.261. The summed E-state index contributed by atoms with van der Waals surface area (Å²) < 4.78 is 8.52. The third-order valence-electron chi connectivity index (χ3n) is 5.06. The van der Waals surface area contributed by atoms with Crippen molar-refractivity contribution in [3.63, 3.8) is 0 Å². The molecule has 4 aromatic rings. The Hall–Kier alpha value is -4.01. The molecule has 0 radical (unpaired) electrons. The van der Waals surface area contributed by atoms with Crippen LogP contribution >= 0.6 is 0 Å². The summed E-state index contributed by atoms with van der Waals surface area (Å²) >= 11 is 0. The maximum absolute atomic E-state index is 12.7. The molecular weight excluding hydrogens is 408 g/mol. The smallest absolute Gasteiger partial charge is 0.341 e. The molecule has 9 nitrogen and oxygen atoms in total. The van der Waals surface area contributed by atoms with Crippen LogP contribution in [0.3, 0.4) is 0 Å². The molecule has 0 bridgehead atoms. The standard InChI is InChI=1S/C23H24N6O3/c1-5-32-23(31)20-13-26-29(15(20)4)19-8-6-16(7-9-19)22(30)27-18-10-17-11-25-28(14(2)3)21(17)24-12-18/h6-14H,5H2,1-4H3,(H,27,30). The van der Waals surface area contributed by atoms with Crippen LogP contribution < -0.4 is 5.32 Å². The van der Waals surface area contributed by atoms with Crippen LogP contribution in [0.1, 0.15) is 53.2 Å². The minimum Gasteiger partial charge on any atom is -0.462 e. The quantitative estimate of drug-likeness (QED) is 0.463. The first-order valence-corrected chi connectivity index (χ1v) is 10.4. The lowest BCUT2D eigenvalue weighted by atomic mass is 10.2. The first kappa shape index (κ1) is 21.2. The Morgan fingerprint density at radius 2 is 1.84 bits per heavy atom. The highest BCUT2D eigenvalue weighted by atomic mass is 16.5. The van der Waals surface area contributed by atoms with E-state index in [1.54, 1.807) is 55.2 Å². The molecule has 0 fully saturated rings. The Labute approximate surface area is 185 Å². The zero-order valence-corrected chi connectivity index (χ0v) is 18.4. The highest BCUT2D eigenvalue weighted by Gasteiger charge is 2.16. The largest absolute Gasteiger partial charge is 0.462 e. The molecule has 164 valence electrons. The number of nitrogens with one attached hydrogen (secondary N) is 1. The number of esters is 1. The van der Waals surface area contributed by atoms with Crippen molar-refractivity contribution in [2.75, 3.05) is 11.9 Å². The van der Waals surface area contributed by atoms with Gasteiger partial charge in [-0.2, -0.15) is 10.2 Å². The van der Waals surface area contributed by atoms with Crippen molar-refractivity contribution in [1.82, 2.24) is 24.5 Å². The lowest BCUT2D eigenvalue weighted by Gasteiger charge is -2.09. The van der Waals surface area contributed by atoms with Gasteiger partial charge in [0, 0.05) is 17.0 Å². The Morgan fingerprint density at radius 3 is 2.53 bits per heavy atom. The van der Waals surface area contributed by atoms with Crippen molar-refractivity contribution in [1.29, 1.82) is 0 Å². The molecule has 3 heterocycles. The number of pyridine rings is 1. The van der Waals surface area contributed by atoms with Gasteiger partial charge in [0.1, 0.15) is 5.56 Å². The maximum atomic E-state index is 12.7. The van der Waals surface area contributed by atoms with Crippen molar-refractivity contribution in [3.8, 4) is 5.69 Å². The molecule has 9 heteroatoms. The number of fused-ring (bicyclic) bond motifs is 1. The number of carbonyl (C=O) groups is 2. The predicted octanol–water partition coefficient (Wildman–Crippen LogP) is 3.94. The van der Waals surface area contributed by atoms with Crippen molar-refractivity contribution in [2.24, 2.45) is 0 Å². The Morgan fingerprint density at radius 1 is 1.09 bits per heavy atom. The van der Waals surface area contributed by atoms with E-state index in [9.17, 15) is 9.59 Å². The molecule has 1 N–H and O–H groups in total. The van der Waals surface area contributed by atoms with Gasteiger partial charge in [-0.15, -0.1) is 0 Å². The maximum Gasteiger partial charge on any atom is 0.341 e. The van der Waals surface area contributed by atoms with Gasteiger partial charge >= 0.3 is 5.97 Å². The molecule has 0 saturated heterocycles. The Kier molecular flexibility index (Phi) is 5.72. The predicted molar refractivity (Wildman–Crippen MR) is 120 cm³/mol. The van der Waals surface area contributed by atoms with Crippen molar-refractivity contribution in [3.05, 3.63) is 65.7 Å². The lowest BCUT2D eigenvalue weighted by molar-refractivity contribution is 0.0525. The number of hydrogen-bond donors (Lipinski definition) is 1. The van der Waals surface area contributed by atoms with Crippen molar-refractivity contribution < 1.29 is 14.3 Å². The molecule has 0 aliphatic carbocycles. The second kappa shape index (κ2) is 8.62. The summed E-state index contributed by atoms with van der Waals surface area (Å²) in [5.74, 6) is -0.657. The molecule has 0 spiro atoms. The highest BCUT2D eigenvalue weighted by molar-refractivity contribution is 6.04. The minimum atomic E-state index is -0.406. The molecule has 0 aliphatic rings. The van der Waals surface area contributed by atoms with Gasteiger partial charge < -0.3 is 10.1 Å². The van der Waals surface area contributed by atoms with E-state index in [2.05, 4.69) is 20.5 Å². The molecule has 32 heavy (non-hydrogen) atoms. The number of amides is 1. The number of carbonyl (C=O) groups excluding carboxylic acids is 2. The van der Waals surface area contributed by atoms with Crippen LogP contribution in [0.5, 0.6) is 0 Å². The van der Waals surface area contributed by atoms with Crippen molar-refractivity contribution >= 4 is 28.6 Å². The molecule has 0 unspecified atom stereocenters. The van der Waals surface area contributed by atoms with E-state index in [1.165, 1.54) is 6.20 Å². The molecule has 0 saturated carbocycles. The monoisotopic (exact) mass is 432 g/mol. The van der Waals surface area contributed by atoms with E-state index >= 15 is 0 Å². The van der Waals surface area contributed by atoms with E-state index in [0.29, 0.717) is 29.1 Å². The van der Waals surface area contributed by atoms with Gasteiger partial charge in [-0.25, -0.2) is 19.1 Å². The van der Waals surface area contributed by atoms with Crippen molar-refractivity contribution in [2.45, 2.75) is 33.7 Å². The number of aromatic nitrogens is 5. The number of anilines is 1. The van der Waals surface area contributed by atoms with Crippen LogP contribution in [0.25, 0.3) is 16.7 Å². The topological polar surface area (TPSA) is 104 Å². The minimum absolute atomic E-state index is 0.200. The summed E-state index contributed by atoms with van der Waals surface area (Å²) in [6, 6.07) is 9.02. The Bertz CT molecular complexity index is 1290. The normalized spacial score (nSPS) is 11.2. The first-order valence-electron chi connectivity index (χ1n) is 10.4. The van der Waals surface area contributed by atoms with E-state index in [0.717, 1.165) is 16.7 Å². The second-order valence-electron chi connectivity index (χ2n) is 7.60. The first-order chi connectivity index (χ1) is 15.4. The number of ether oxygens (including phenoxy) is 1. The van der Waals surface area contributed by atoms with Crippen LogP contribution in [-0.4, -0.2) is 43.0 Å². The van der Waals surface area contributed by atoms with Gasteiger partial charge in [0.15, 0.2) is 5.65 Å². The third kappa shape index (κ3) is 3.96. The number of rotatable bonds is 6. The summed E-state index contributed by atoms with van der Waals surface area (Å²) in [6.07, 6.45) is 4.85. The molecule has 4 rings (SSSR count). The highest BCUT2D eigenvalue weighted by Crippen LogP contribution is 2.20. The summed E-state index contributed by atoms with van der Waals surface area (Å²) in [7, 11) is 0. The van der Waals surface area contributed by atoms with E-state index in [-0.39, 0.29) is 11.9 Å². The van der Waals surface area contributed by atoms with Crippen LogP contribution in [0.4, 0.5) is 5.69 Å². The van der Waals surface area contributed by atoms with Crippen LogP contribution in [0, 0.1) is 6.92 Å². The van der Waals surface area contributed by atoms with Crippen LogP contribution in [-0.2, 0) is 4.74 Å². The van der Waals surface area contributed by atoms with Crippen LogP contribution in [0.2, 0.25) is 0 Å². The molecule has 3 aromatic heterocycles. The van der Waals surface area contributed by atoms with Gasteiger partial charge in [0.25, 0.3) is 5.91 Å². The zero-order valence-electron chi connectivity index (χ0n) is 18.4. The molecular formula is C23H24N6O3. The fourth-order valence-electron chi connectivity index (χ4n) is 3.42. The lowest BCUT2D eigenvalue weighted by Crippen LogP contribution is -2.12. The summed E-state index contributed by atoms with van der Waals surface area (Å²) in [4.78, 5) is 29.1. The second-order valence-corrected chi connectivity index (χ2v) is 7.60. The number of hydrogen-bond acceptors (Lipinski definition) is 6. The van der Waals surface area contributed by atoms with E-state index in [4.69, 9.17) is 4.74 Å². The fourth-order valence-corrected chi connectivity index (χ4v) is 3.42. The summed E-state index contributed by atoms with van der Waals surface area (Å²) in [5, 5.41) is 12.3. The van der Waals surface area contributed by atoms with Crippen LogP contribution in [0.15, 0.2) is 48.9 Å². The van der Waals surface area contributed by atoms with Gasteiger partial charge in [-0.05, 0) is 58.0 Å². The van der Waals surface area contributed by atoms with Gasteiger partial charge in [0.05, 0.1) is 42.3 Å². The van der Waals surface area contributed by atoms with E-state index < -0.39 is 5.97 Å². The van der Waals surface area contributed by atoms with Gasteiger partial charge in [0.2, 0.25) is 0 Å². The number of nitrogens with zero attached hydrogens (tertiary/aromatic N) is 5. The number of benzene rings is 1. The SMILES string of the molecule is CCOC(=O)c1cnn(-c2ccc(C(=O)Nc3cnc4c(cnn4C(C)C)c3)cc2)c1C. The van der Waals surface area contributed by atoms with E-state index in [1.807, 2.05) is 24.6 Å². The Balaban J connectivity index is 1.50. The average Bonchev–Trinajstić information content (AvgIpc) is 3.37. The van der Waals surface area contributed by atoms with Gasteiger partial charge in [-0.3, -0.25) is 4.79 Å². The summed E-state index contributed by atoms with van der Waals surface area (Å²) in [6.45, 7) is 7.93. The third-order valence-corrected chi connectivity index (χ3v) is 5.06. The molecule has 1 aromatic carbocycles. The molecule has 0 aliphatic heterocycles. The zero-order chi connectivity index (χ0) is 22.8. The molecule has 0 atom stereocenters.